The van der Waals surface area contributed by atoms with Crippen molar-refractivity contribution in [1.29, 1.82) is 0 Å². The maximum absolute atomic E-state index is 11.8. The van der Waals surface area contributed by atoms with Crippen LogP contribution in [0.5, 0.6) is 5.75 Å². The molecular formula is C18H18ClNO4. The molecule has 2 rings (SSSR count). The highest BCUT2D eigenvalue weighted by Crippen LogP contribution is 2.11. The molecule has 1 N–H and O–H groups in total. The van der Waals surface area contributed by atoms with Crippen LogP contribution in [-0.4, -0.2) is 32.1 Å². The normalized spacial score (nSPS) is 10.1. The van der Waals surface area contributed by atoms with Gasteiger partial charge in [0, 0.05) is 17.0 Å². The van der Waals surface area contributed by atoms with Crippen LogP contribution in [0.25, 0.3) is 0 Å². The van der Waals surface area contributed by atoms with E-state index < -0.39 is 5.97 Å². The lowest BCUT2D eigenvalue weighted by atomic mass is 10.1. The third-order valence-electron chi connectivity index (χ3n) is 3.31. The van der Waals surface area contributed by atoms with Crippen molar-refractivity contribution in [2.75, 3.05) is 20.3 Å². The summed E-state index contributed by atoms with van der Waals surface area (Å²) >= 11 is 5.76. The molecule has 0 saturated heterocycles. The zero-order valence-electron chi connectivity index (χ0n) is 13.3. The van der Waals surface area contributed by atoms with Crippen LogP contribution in [0.3, 0.4) is 0 Å². The maximum atomic E-state index is 11.8. The van der Waals surface area contributed by atoms with Gasteiger partial charge in [0.25, 0.3) is 5.91 Å². The number of halogens is 1. The van der Waals surface area contributed by atoms with Crippen molar-refractivity contribution in [2.45, 2.75) is 6.42 Å². The zero-order chi connectivity index (χ0) is 17.4. The number of esters is 1. The lowest BCUT2D eigenvalue weighted by Gasteiger charge is -2.07. The molecule has 0 heterocycles. The van der Waals surface area contributed by atoms with E-state index in [0.29, 0.717) is 17.0 Å². The number of methoxy groups -OCH3 is 1. The van der Waals surface area contributed by atoms with Crippen molar-refractivity contribution in [3.8, 4) is 5.75 Å². The summed E-state index contributed by atoms with van der Waals surface area (Å²) in [5, 5.41) is 3.05. The topological polar surface area (TPSA) is 64.6 Å². The summed E-state index contributed by atoms with van der Waals surface area (Å²) in [6.07, 6.45) is 0.598. The molecule has 24 heavy (non-hydrogen) atoms. The average molecular weight is 348 g/mol. The predicted molar refractivity (Wildman–Crippen MR) is 91.4 cm³/mol. The smallest absolute Gasteiger partial charge is 0.325 e. The molecular weight excluding hydrogens is 330 g/mol. The van der Waals surface area contributed by atoms with E-state index in [2.05, 4.69) is 5.32 Å². The molecule has 0 aromatic heterocycles. The number of ether oxygens (including phenoxy) is 2. The number of hydrogen-bond acceptors (Lipinski definition) is 4. The molecule has 2 aromatic carbocycles. The summed E-state index contributed by atoms with van der Waals surface area (Å²) in [6, 6.07) is 13.9. The van der Waals surface area contributed by atoms with E-state index in [4.69, 9.17) is 21.1 Å². The van der Waals surface area contributed by atoms with E-state index in [1.807, 2.05) is 24.3 Å². The molecule has 0 bridgehead atoms. The minimum Gasteiger partial charge on any atom is -0.497 e. The van der Waals surface area contributed by atoms with Gasteiger partial charge in [0.05, 0.1) is 13.7 Å². The van der Waals surface area contributed by atoms with Crippen LogP contribution in [-0.2, 0) is 16.0 Å². The average Bonchev–Trinajstić information content (AvgIpc) is 2.61. The van der Waals surface area contributed by atoms with Gasteiger partial charge in [-0.05, 0) is 42.0 Å². The fraction of sp³-hybridized carbons (Fsp3) is 0.222. The molecule has 2 aromatic rings. The van der Waals surface area contributed by atoms with Gasteiger partial charge < -0.3 is 14.8 Å². The first kappa shape index (κ1) is 17.8. The molecule has 0 spiro atoms. The first-order chi connectivity index (χ1) is 11.6. The number of amides is 1. The SMILES string of the molecule is COc1ccc(CCOC(=O)CNC(=O)c2ccc(Cl)cc2)cc1. The Morgan fingerprint density at radius 2 is 1.71 bits per heavy atom. The Bertz CT molecular complexity index is 683. The second-order valence-corrected chi connectivity index (χ2v) is 5.44. The van der Waals surface area contributed by atoms with Gasteiger partial charge in [-0.15, -0.1) is 0 Å². The summed E-state index contributed by atoms with van der Waals surface area (Å²) in [6.45, 7) is 0.0754. The number of nitrogens with one attached hydrogen (secondary N) is 1. The Kier molecular flexibility index (Phi) is 6.63. The Labute approximate surface area is 145 Å². The molecule has 1 amide bonds. The molecule has 6 heteroatoms. The molecule has 0 unspecified atom stereocenters. The molecule has 0 aliphatic heterocycles. The largest absolute Gasteiger partial charge is 0.497 e. The monoisotopic (exact) mass is 347 g/mol. The van der Waals surface area contributed by atoms with E-state index >= 15 is 0 Å². The zero-order valence-corrected chi connectivity index (χ0v) is 14.0. The minimum absolute atomic E-state index is 0.177. The molecule has 0 fully saturated rings. The van der Waals surface area contributed by atoms with Crippen molar-refractivity contribution in [1.82, 2.24) is 5.32 Å². The van der Waals surface area contributed by atoms with E-state index in [1.165, 1.54) is 0 Å². The van der Waals surface area contributed by atoms with Crippen LogP contribution in [0.15, 0.2) is 48.5 Å². The van der Waals surface area contributed by atoms with Gasteiger partial charge >= 0.3 is 5.97 Å². The van der Waals surface area contributed by atoms with Crippen molar-refractivity contribution in [3.05, 3.63) is 64.7 Å². The fourth-order valence-electron chi connectivity index (χ4n) is 1.98. The molecule has 126 valence electrons. The summed E-state index contributed by atoms with van der Waals surface area (Å²) in [4.78, 5) is 23.5. The minimum atomic E-state index is -0.481. The van der Waals surface area contributed by atoms with Gasteiger partial charge in [-0.1, -0.05) is 23.7 Å². The fourth-order valence-corrected chi connectivity index (χ4v) is 2.11. The second-order valence-electron chi connectivity index (χ2n) is 5.01. The molecule has 0 saturated carbocycles. The number of benzene rings is 2. The standard InChI is InChI=1S/C18H18ClNO4/c1-23-16-8-2-13(3-9-16)10-11-24-17(21)12-20-18(22)14-4-6-15(19)7-5-14/h2-9H,10-12H2,1H3,(H,20,22). The lowest BCUT2D eigenvalue weighted by Crippen LogP contribution is -2.30. The van der Waals surface area contributed by atoms with Crippen LogP contribution in [0.1, 0.15) is 15.9 Å². The first-order valence-electron chi connectivity index (χ1n) is 7.41. The number of rotatable bonds is 7. The highest BCUT2D eigenvalue weighted by Gasteiger charge is 2.08. The highest BCUT2D eigenvalue weighted by atomic mass is 35.5. The Morgan fingerprint density at radius 1 is 1.04 bits per heavy atom. The van der Waals surface area contributed by atoms with E-state index in [1.54, 1.807) is 31.4 Å². The van der Waals surface area contributed by atoms with Crippen LogP contribution < -0.4 is 10.1 Å². The van der Waals surface area contributed by atoms with E-state index in [0.717, 1.165) is 11.3 Å². The second kappa shape index (κ2) is 8.93. The van der Waals surface area contributed by atoms with Gasteiger partial charge in [-0.3, -0.25) is 9.59 Å². The van der Waals surface area contributed by atoms with Gasteiger partial charge in [0.15, 0.2) is 0 Å². The van der Waals surface area contributed by atoms with Gasteiger partial charge in [0.1, 0.15) is 12.3 Å². The van der Waals surface area contributed by atoms with Crippen LogP contribution >= 0.6 is 11.6 Å². The third kappa shape index (κ3) is 5.59. The Hall–Kier alpha value is -2.53. The van der Waals surface area contributed by atoms with E-state index in [-0.39, 0.29) is 19.1 Å². The quantitative estimate of drug-likeness (QED) is 0.782. The Morgan fingerprint density at radius 3 is 2.33 bits per heavy atom. The van der Waals surface area contributed by atoms with Crippen molar-refractivity contribution < 1.29 is 19.1 Å². The van der Waals surface area contributed by atoms with Gasteiger partial charge in [-0.2, -0.15) is 0 Å². The molecule has 0 radical (unpaired) electrons. The number of carbonyl (C=O) groups excluding carboxylic acids is 2. The summed E-state index contributed by atoms with van der Waals surface area (Å²) in [7, 11) is 1.61. The third-order valence-corrected chi connectivity index (χ3v) is 3.56. The summed E-state index contributed by atoms with van der Waals surface area (Å²) in [5.74, 6) is -0.0507. The van der Waals surface area contributed by atoms with Crippen molar-refractivity contribution in [3.63, 3.8) is 0 Å². The van der Waals surface area contributed by atoms with Crippen LogP contribution in [0.4, 0.5) is 0 Å². The van der Waals surface area contributed by atoms with Gasteiger partial charge in [0.2, 0.25) is 0 Å². The molecule has 0 aliphatic rings. The van der Waals surface area contributed by atoms with Crippen LogP contribution in [0.2, 0.25) is 5.02 Å². The van der Waals surface area contributed by atoms with Crippen LogP contribution in [0, 0.1) is 0 Å². The molecule has 5 nitrogen and oxygen atoms in total. The molecule has 0 atom stereocenters. The summed E-state index contributed by atoms with van der Waals surface area (Å²) in [5.41, 5.74) is 1.47. The predicted octanol–water partition coefficient (Wildman–Crippen LogP) is 2.86. The van der Waals surface area contributed by atoms with Crippen molar-refractivity contribution in [2.24, 2.45) is 0 Å². The van der Waals surface area contributed by atoms with Gasteiger partial charge in [-0.25, -0.2) is 0 Å². The summed E-state index contributed by atoms with van der Waals surface area (Å²) < 4.78 is 10.2. The Balaban J connectivity index is 1.69. The highest BCUT2D eigenvalue weighted by molar-refractivity contribution is 6.30. The number of hydrogen-bond donors (Lipinski definition) is 1. The lowest BCUT2D eigenvalue weighted by molar-refractivity contribution is -0.142. The first-order valence-corrected chi connectivity index (χ1v) is 7.78. The maximum Gasteiger partial charge on any atom is 0.325 e. The van der Waals surface area contributed by atoms with Crippen molar-refractivity contribution >= 4 is 23.5 Å². The number of carbonyl (C=O) groups is 2. The van der Waals surface area contributed by atoms with E-state index in [9.17, 15) is 9.59 Å². The molecule has 0 aliphatic carbocycles.